The Kier molecular flexibility index (Phi) is 5.07. The quantitative estimate of drug-likeness (QED) is 0.596. The molecular formula is C18H20O2S. The lowest BCUT2D eigenvalue weighted by Crippen LogP contribution is -2.07. The highest BCUT2D eigenvalue weighted by molar-refractivity contribution is 8.00. The molecule has 0 bridgehead atoms. The van der Waals surface area contributed by atoms with E-state index in [-0.39, 0.29) is 5.78 Å². The number of rotatable bonds is 5. The molecule has 110 valence electrons. The number of benzene rings is 2. The van der Waals surface area contributed by atoms with Gasteiger partial charge in [0.25, 0.3) is 0 Å². The maximum absolute atomic E-state index is 12.5. The highest BCUT2D eigenvalue weighted by Gasteiger charge is 2.16. The van der Waals surface area contributed by atoms with Crippen LogP contribution in [0.2, 0.25) is 0 Å². The van der Waals surface area contributed by atoms with E-state index in [2.05, 4.69) is 13.0 Å². The van der Waals surface area contributed by atoms with Gasteiger partial charge in [0.2, 0.25) is 0 Å². The summed E-state index contributed by atoms with van der Waals surface area (Å²) in [7, 11) is 1.62. The summed E-state index contributed by atoms with van der Waals surface area (Å²) < 4.78 is 5.42. The summed E-state index contributed by atoms with van der Waals surface area (Å²) in [6.45, 7) is 6.07. The van der Waals surface area contributed by atoms with Crippen LogP contribution in [-0.2, 0) is 0 Å². The van der Waals surface area contributed by atoms with Crippen LogP contribution in [0.3, 0.4) is 0 Å². The number of hydrogen-bond donors (Lipinski definition) is 0. The second-order valence-corrected chi connectivity index (χ2v) is 6.08. The second-order valence-electron chi connectivity index (χ2n) is 5.07. The minimum atomic E-state index is 0.100. The van der Waals surface area contributed by atoms with Gasteiger partial charge in [0.1, 0.15) is 5.75 Å². The Hall–Kier alpha value is -1.74. The van der Waals surface area contributed by atoms with Crippen LogP contribution in [0.1, 0.15) is 27.0 Å². The van der Waals surface area contributed by atoms with E-state index in [1.54, 1.807) is 18.9 Å². The van der Waals surface area contributed by atoms with Crippen LogP contribution >= 0.6 is 11.8 Å². The predicted molar refractivity (Wildman–Crippen MR) is 88.7 cm³/mol. The molecule has 0 aromatic heterocycles. The summed E-state index contributed by atoms with van der Waals surface area (Å²) in [5.74, 6) is 1.22. The number of carbonyl (C=O) groups excluding carboxylic acids is 1. The van der Waals surface area contributed by atoms with Crippen molar-refractivity contribution in [2.24, 2.45) is 0 Å². The lowest BCUT2D eigenvalue weighted by atomic mass is 10.0. The van der Waals surface area contributed by atoms with Crippen molar-refractivity contribution in [1.29, 1.82) is 0 Å². The molecule has 2 nitrogen and oxygen atoms in total. The molecule has 0 spiro atoms. The molecule has 0 aliphatic heterocycles. The molecule has 0 heterocycles. The van der Waals surface area contributed by atoms with Crippen molar-refractivity contribution in [3.63, 3.8) is 0 Å². The van der Waals surface area contributed by atoms with Crippen molar-refractivity contribution in [3.8, 4) is 5.75 Å². The molecular weight excluding hydrogens is 280 g/mol. The Bertz CT molecular complexity index is 662. The lowest BCUT2D eigenvalue weighted by Gasteiger charge is -2.13. The fourth-order valence-electron chi connectivity index (χ4n) is 2.21. The number of hydrogen-bond acceptors (Lipinski definition) is 3. The van der Waals surface area contributed by atoms with Gasteiger partial charge in [0.05, 0.1) is 18.4 Å². The van der Waals surface area contributed by atoms with Crippen molar-refractivity contribution in [1.82, 2.24) is 0 Å². The average Bonchev–Trinajstić information content (AvgIpc) is 2.48. The lowest BCUT2D eigenvalue weighted by molar-refractivity contribution is 0.101. The molecule has 21 heavy (non-hydrogen) atoms. The Labute approximate surface area is 130 Å². The SMILES string of the molecule is COc1c(C(=O)CSc2ccccc2C)ccc(C)c1C. The van der Waals surface area contributed by atoms with Crippen LogP contribution in [0.15, 0.2) is 41.3 Å². The molecule has 2 aromatic rings. The van der Waals surface area contributed by atoms with Crippen LogP contribution in [0.5, 0.6) is 5.75 Å². The maximum Gasteiger partial charge on any atom is 0.176 e. The first-order valence-corrected chi connectivity index (χ1v) is 7.89. The molecule has 0 radical (unpaired) electrons. The van der Waals surface area contributed by atoms with Gasteiger partial charge in [0.15, 0.2) is 5.78 Å². The fraction of sp³-hybridized carbons (Fsp3) is 0.278. The largest absolute Gasteiger partial charge is 0.496 e. The number of thioether (sulfide) groups is 1. The number of aryl methyl sites for hydroxylation is 2. The Morgan fingerprint density at radius 2 is 1.76 bits per heavy atom. The summed E-state index contributed by atoms with van der Waals surface area (Å²) in [5, 5.41) is 0. The normalized spacial score (nSPS) is 10.5. The summed E-state index contributed by atoms with van der Waals surface area (Å²) in [4.78, 5) is 13.6. The van der Waals surface area contributed by atoms with Crippen LogP contribution < -0.4 is 4.74 Å². The number of carbonyl (C=O) groups is 1. The maximum atomic E-state index is 12.5. The van der Waals surface area contributed by atoms with Crippen molar-refractivity contribution >= 4 is 17.5 Å². The van der Waals surface area contributed by atoms with Crippen molar-refractivity contribution < 1.29 is 9.53 Å². The van der Waals surface area contributed by atoms with Gasteiger partial charge in [0, 0.05) is 4.90 Å². The Balaban J connectivity index is 2.18. The van der Waals surface area contributed by atoms with Crippen molar-refractivity contribution in [3.05, 3.63) is 58.7 Å². The summed E-state index contributed by atoms with van der Waals surface area (Å²) in [6, 6.07) is 11.9. The van der Waals surface area contributed by atoms with E-state index in [1.165, 1.54) is 5.56 Å². The van der Waals surface area contributed by atoms with Crippen molar-refractivity contribution in [2.75, 3.05) is 12.9 Å². The van der Waals surface area contributed by atoms with Gasteiger partial charge in [-0.3, -0.25) is 4.79 Å². The molecule has 0 aliphatic carbocycles. The highest BCUT2D eigenvalue weighted by Crippen LogP contribution is 2.29. The van der Waals surface area contributed by atoms with Crippen LogP contribution in [0, 0.1) is 20.8 Å². The first-order valence-electron chi connectivity index (χ1n) is 6.90. The third-order valence-corrected chi connectivity index (χ3v) is 4.81. The molecule has 2 aromatic carbocycles. The van der Waals surface area contributed by atoms with E-state index < -0.39 is 0 Å². The predicted octanol–water partition coefficient (Wildman–Crippen LogP) is 4.60. The molecule has 0 fully saturated rings. The number of ether oxygens (including phenoxy) is 1. The zero-order chi connectivity index (χ0) is 15.4. The van der Waals surface area contributed by atoms with E-state index in [4.69, 9.17) is 4.74 Å². The van der Waals surface area contributed by atoms with Crippen molar-refractivity contribution in [2.45, 2.75) is 25.7 Å². The zero-order valence-electron chi connectivity index (χ0n) is 12.9. The standard InChI is InChI=1S/C18H20O2S/c1-12-9-10-15(18(20-4)14(12)3)16(19)11-21-17-8-6-5-7-13(17)2/h5-10H,11H2,1-4H3. The molecule has 0 amide bonds. The molecule has 0 saturated carbocycles. The second kappa shape index (κ2) is 6.81. The molecule has 0 unspecified atom stereocenters. The molecule has 2 rings (SSSR count). The number of Topliss-reactive ketones (excluding diaryl/α,β-unsaturated/α-hetero) is 1. The van der Waals surface area contributed by atoms with E-state index in [1.807, 2.05) is 44.2 Å². The van der Waals surface area contributed by atoms with Crippen LogP contribution in [0.4, 0.5) is 0 Å². The van der Waals surface area contributed by atoms with E-state index in [9.17, 15) is 4.79 Å². The Morgan fingerprint density at radius 1 is 1.05 bits per heavy atom. The van der Waals surface area contributed by atoms with Crippen LogP contribution in [0.25, 0.3) is 0 Å². The number of methoxy groups -OCH3 is 1. The van der Waals surface area contributed by atoms with Gasteiger partial charge in [-0.05, 0) is 49.6 Å². The third-order valence-electron chi connectivity index (χ3n) is 3.63. The Morgan fingerprint density at radius 3 is 2.43 bits per heavy atom. The average molecular weight is 300 g/mol. The highest BCUT2D eigenvalue weighted by atomic mass is 32.2. The topological polar surface area (TPSA) is 26.3 Å². The van der Waals surface area contributed by atoms with Gasteiger partial charge >= 0.3 is 0 Å². The van der Waals surface area contributed by atoms with E-state index >= 15 is 0 Å². The van der Waals surface area contributed by atoms with Gasteiger partial charge in [-0.1, -0.05) is 24.3 Å². The number of ketones is 1. The summed E-state index contributed by atoms with van der Waals surface area (Å²) in [6.07, 6.45) is 0. The minimum absolute atomic E-state index is 0.100. The molecule has 0 saturated heterocycles. The van der Waals surface area contributed by atoms with Gasteiger partial charge in [-0.15, -0.1) is 11.8 Å². The molecule has 0 aliphatic rings. The monoisotopic (exact) mass is 300 g/mol. The summed E-state index contributed by atoms with van der Waals surface area (Å²) in [5.41, 5.74) is 4.03. The molecule has 0 atom stereocenters. The first kappa shape index (κ1) is 15.6. The fourth-order valence-corrected chi connectivity index (χ4v) is 3.12. The van der Waals surface area contributed by atoms with Crippen LogP contribution in [-0.4, -0.2) is 18.6 Å². The molecule has 3 heteroatoms. The smallest absolute Gasteiger partial charge is 0.176 e. The third kappa shape index (κ3) is 3.48. The minimum Gasteiger partial charge on any atom is -0.496 e. The zero-order valence-corrected chi connectivity index (χ0v) is 13.7. The first-order chi connectivity index (χ1) is 10.0. The molecule has 0 N–H and O–H groups in total. The van der Waals surface area contributed by atoms with Gasteiger partial charge < -0.3 is 4.74 Å². The van der Waals surface area contributed by atoms with Gasteiger partial charge in [-0.25, -0.2) is 0 Å². The summed E-state index contributed by atoms with van der Waals surface area (Å²) >= 11 is 1.57. The van der Waals surface area contributed by atoms with E-state index in [0.717, 1.165) is 16.0 Å². The van der Waals surface area contributed by atoms with E-state index in [0.29, 0.717) is 17.1 Å². The van der Waals surface area contributed by atoms with Gasteiger partial charge in [-0.2, -0.15) is 0 Å².